The summed E-state index contributed by atoms with van der Waals surface area (Å²) in [5.74, 6) is -0.0552. The number of rotatable bonds is 8. The molecular weight excluding hydrogens is 531 g/mol. The maximum Gasteiger partial charge on any atom is 0.251 e. The molecule has 2 amide bonds. The molecule has 0 unspecified atom stereocenters. The summed E-state index contributed by atoms with van der Waals surface area (Å²) in [5.41, 5.74) is 0.559. The SMILES string of the molecule is O=C(NC1CCCCC1)[C@H](c1ccco1)N(C(=O)Cn1nnc(-c2ccccc2F)n1)c1ccc2c(c1)OCCO2. The van der Waals surface area contributed by atoms with Crippen molar-refractivity contribution >= 4 is 17.5 Å². The number of hydrogen-bond acceptors (Lipinski definition) is 8. The standard InChI is InChI=1S/C29H29FN6O5/c30-22-10-5-4-9-21(22)28-32-34-35(33-28)18-26(37)36(20-12-13-23-25(17-20)41-16-15-40-23)27(24-11-6-14-39-24)29(38)31-19-7-2-1-3-8-19/h4-6,9-14,17,19,27H,1-3,7-8,15-16,18H2,(H,31,38)/t27-/m0/s1. The van der Waals surface area contributed by atoms with E-state index in [-0.39, 0.29) is 29.9 Å². The van der Waals surface area contributed by atoms with Crippen LogP contribution in [0.5, 0.6) is 11.5 Å². The summed E-state index contributed by atoms with van der Waals surface area (Å²) in [6.45, 7) is 0.399. The molecule has 1 fully saturated rings. The number of furan rings is 1. The minimum atomic E-state index is -1.13. The Morgan fingerprint density at radius 1 is 1.02 bits per heavy atom. The van der Waals surface area contributed by atoms with Crippen molar-refractivity contribution in [2.24, 2.45) is 0 Å². The number of carbonyl (C=O) groups excluding carboxylic acids is 2. The average Bonchev–Trinajstić information content (AvgIpc) is 3.69. The molecule has 41 heavy (non-hydrogen) atoms. The van der Waals surface area contributed by atoms with Crippen molar-refractivity contribution in [1.29, 1.82) is 0 Å². The molecule has 1 atom stereocenters. The van der Waals surface area contributed by atoms with Gasteiger partial charge in [0.15, 0.2) is 17.5 Å². The first-order valence-corrected chi connectivity index (χ1v) is 13.6. The number of hydrogen-bond donors (Lipinski definition) is 1. The number of aromatic nitrogens is 4. The van der Waals surface area contributed by atoms with Gasteiger partial charge in [-0.05, 0) is 54.5 Å². The number of amides is 2. The van der Waals surface area contributed by atoms with E-state index in [1.807, 2.05) is 0 Å². The van der Waals surface area contributed by atoms with E-state index in [2.05, 4.69) is 20.7 Å². The van der Waals surface area contributed by atoms with Gasteiger partial charge in [0.25, 0.3) is 11.8 Å². The van der Waals surface area contributed by atoms with Crippen LogP contribution in [0.3, 0.4) is 0 Å². The number of fused-ring (bicyclic) bond motifs is 1. The molecule has 11 nitrogen and oxygen atoms in total. The van der Waals surface area contributed by atoms with Crippen molar-refractivity contribution < 1.29 is 27.9 Å². The molecule has 2 aliphatic rings. The van der Waals surface area contributed by atoms with Gasteiger partial charge in [0.05, 0.1) is 11.8 Å². The van der Waals surface area contributed by atoms with E-state index in [4.69, 9.17) is 13.9 Å². The Morgan fingerprint density at radius 2 is 1.83 bits per heavy atom. The van der Waals surface area contributed by atoms with Crippen LogP contribution in [0.1, 0.15) is 43.9 Å². The first-order valence-electron chi connectivity index (χ1n) is 13.6. The summed E-state index contributed by atoms with van der Waals surface area (Å²) in [4.78, 5) is 30.4. The third kappa shape index (κ3) is 5.76. The van der Waals surface area contributed by atoms with Gasteiger partial charge in [0.1, 0.15) is 31.3 Å². The molecule has 212 valence electrons. The minimum Gasteiger partial charge on any atom is -0.486 e. The number of ether oxygens (including phenoxy) is 2. The van der Waals surface area contributed by atoms with Gasteiger partial charge < -0.3 is 19.2 Å². The van der Waals surface area contributed by atoms with E-state index in [1.54, 1.807) is 42.5 Å². The zero-order valence-electron chi connectivity index (χ0n) is 22.2. The van der Waals surface area contributed by atoms with E-state index >= 15 is 0 Å². The predicted octanol–water partition coefficient (Wildman–Crippen LogP) is 4.07. The van der Waals surface area contributed by atoms with Crippen LogP contribution < -0.4 is 19.7 Å². The number of carbonyl (C=O) groups is 2. The van der Waals surface area contributed by atoms with Gasteiger partial charge in [0, 0.05) is 17.8 Å². The van der Waals surface area contributed by atoms with Crippen LogP contribution in [0.4, 0.5) is 10.1 Å². The smallest absolute Gasteiger partial charge is 0.251 e. The molecular formula is C29H29FN6O5. The third-order valence-corrected chi connectivity index (χ3v) is 7.19. The van der Waals surface area contributed by atoms with Crippen molar-refractivity contribution in [2.45, 2.75) is 50.7 Å². The van der Waals surface area contributed by atoms with Gasteiger partial charge in [-0.2, -0.15) is 4.80 Å². The monoisotopic (exact) mass is 560 g/mol. The zero-order chi connectivity index (χ0) is 28.2. The van der Waals surface area contributed by atoms with Crippen LogP contribution in [0.2, 0.25) is 0 Å². The Labute approximate surface area is 235 Å². The van der Waals surface area contributed by atoms with Gasteiger partial charge in [-0.15, -0.1) is 10.2 Å². The number of benzene rings is 2. The van der Waals surface area contributed by atoms with Crippen molar-refractivity contribution in [3.05, 3.63) is 72.4 Å². The molecule has 0 spiro atoms. The summed E-state index contributed by atoms with van der Waals surface area (Å²) in [6, 6.07) is 13.3. The molecule has 1 saturated carbocycles. The highest BCUT2D eigenvalue weighted by Gasteiger charge is 2.37. The van der Waals surface area contributed by atoms with Gasteiger partial charge in [-0.25, -0.2) is 4.39 Å². The second-order valence-electron chi connectivity index (χ2n) is 9.98. The van der Waals surface area contributed by atoms with Crippen LogP contribution in [0.25, 0.3) is 11.4 Å². The van der Waals surface area contributed by atoms with Crippen LogP contribution >= 0.6 is 0 Å². The molecule has 0 radical (unpaired) electrons. The van der Waals surface area contributed by atoms with Crippen molar-refractivity contribution in [1.82, 2.24) is 25.5 Å². The molecule has 0 bridgehead atoms. The molecule has 6 rings (SSSR count). The van der Waals surface area contributed by atoms with E-state index in [1.165, 1.54) is 23.3 Å². The molecule has 3 heterocycles. The van der Waals surface area contributed by atoms with Gasteiger partial charge in [-0.3, -0.25) is 14.5 Å². The number of anilines is 1. The van der Waals surface area contributed by atoms with E-state index < -0.39 is 17.8 Å². The fourth-order valence-electron chi connectivity index (χ4n) is 5.22. The van der Waals surface area contributed by atoms with Crippen LogP contribution in [-0.2, 0) is 16.1 Å². The average molecular weight is 561 g/mol. The van der Waals surface area contributed by atoms with Crippen LogP contribution in [0.15, 0.2) is 65.3 Å². The largest absolute Gasteiger partial charge is 0.486 e. The lowest BCUT2D eigenvalue weighted by Crippen LogP contribution is -2.48. The first kappa shape index (κ1) is 26.5. The van der Waals surface area contributed by atoms with E-state index in [0.717, 1.165) is 36.9 Å². The lowest BCUT2D eigenvalue weighted by atomic mass is 9.95. The highest BCUT2D eigenvalue weighted by molar-refractivity contribution is 6.01. The summed E-state index contributed by atoms with van der Waals surface area (Å²) in [7, 11) is 0. The van der Waals surface area contributed by atoms with E-state index in [0.29, 0.717) is 36.2 Å². The van der Waals surface area contributed by atoms with Crippen molar-refractivity contribution in [2.75, 3.05) is 18.1 Å². The fraction of sp³-hybridized carbons (Fsp3) is 0.345. The summed E-state index contributed by atoms with van der Waals surface area (Å²) in [6.07, 6.45) is 6.40. The zero-order valence-corrected chi connectivity index (χ0v) is 22.2. The van der Waals surface area contributed by atoms with Gasteiger partial charge >= 0.3 is 0 Å². The third-order valence-electron chi connectivity index (χ3n) is 7.19. The number of halogens is 1. The molecule has 1 N–H and O–H groups in total. The molecule has 4 aromatic rings. The summed E-state index contributed by atoms with van der Waals surface area (Å²) >= 11 is 0. The Morgan fingerprint density at radius 3 is 2.61 bits per heavy atom. The molecule has 12 heteroatoms. The second kappa shape index (κ2) is 11.8. The normalized spacial score (nSPS) is 15.7. The summed E-state index contributed by atoms with van der Waals surface area (Å²) in [5, 5.41) is 15.3. The Bertz CT molecular complexity index is 1520. The van der Waals surface area contributed by atoms with Gasteiger partial charge in [0.2, 0.25) is 5.82 Å². The van der Waals surface area contributed by atoms with Crippen LogP contribution in [-0.4, -0.2) is 51.3 Å². The highest BCUT2D eigenvalue weighted by atomic mass is 19.1. The highest BCUT2D eigenvalue weighted by Crippen LogP contribution is 2.37. The minimum absolute atomic E-state index is 0.00578. The topological polar surface area (TPSA) is 125 Å². The van der Waals surface area contributed by atoms with Crippen molar-refractivity contribution in [3.8, 4) is 22.9 Å². The number of tetrazole rings is 1. The number of nitrogens with zero attached hydrogens (tertiary/aromatic N) is 5. The lowest BCUT2D eigenvalue weighted by Gasteiger charge is -2.32. The Hall–Kier alpha value is -4.74. The van der Waals surface area contributed by atoms with E-state index in [9.17, 15) is 14.0 Å². The fourth-order valence-corrected chi connectivity index (χ4v) is 5.22. The maximum absolute atomic E-state index is 14.3. The Balaban J connectivity index is 1.35. The second-order valence-corrected chi connectivity index (χ2v) is 9.98. The summed E-state index contributed by atoms with van der Waals surface area (Å²) < 4.78 is 31.4. The molecule has 1 aliphatic carbocycles. The first-order chi connectivity index (χ1) is 20.1. The molecule has 0 saturated heterocycles. The molecule has 2 aromatic carbocycles. The quantitative estimate of drug-likeness (QED) is 0.342. The predicted molar refractivity (Wildman–Crippen MR) is 145 cm³/mol. The van der Waals surface area contributed by atoms with Crippen LogP contribution in [0, 0.1) is 5.82 Å². The van der Waals surface area contributed by atoms with Gasteiger partial charge in [-0.1, -0.05) is 31.4 Å². The molecule has 2 aromatic heterocycles. The lowest BCUT2D eigenvalue weighted by molar-refractivity contribution is -0.128. The number of nitrogens with one attached hydrogen (secondary N) is 1. The van der Waals surface area contributed by atoms with Crippen molar-refractivity contribution in [3.63, 3.8) is 0 Å². The maximum atomic E-state index is 14.3. The Kier molecular flexibility index (Phi) is 7.61. The molecule has 1 aliphatic heterocycles.